The highest BCUT2D eigenvalue weighted by atomic mass is 16.5. The molecule has 0 amide bonds. The van der Waals surface area contributed by atoms with Crippen LogP contribution in [0.2, 0.25) is 0 Å². The van der Waals surface area contributed by atoms with Crippen LogP contribution >= 0.6 is 0 Å². The highest BCUT2D eigenvalue weighted by molar-refractivity contribution is 6.28. The molecule has 3 aromatic carbocycles. The predicted molar refractivity (Wildman–Crippen MR) is 121 cm³/mol. The molecule has 1 aliphatic carbocycles. The SMILES string of the molecule is COc1ccc(Nc2cc(N3CCCC3)c3noc4c3c2C(=O)c2ccccc2-4)cc1. The number of rotatable bonds is 4. The highest BCUT2D eigenvalue weighted by Gasteiger charge is 2.34. The van der Waals surface area contributed by atoms with Crippen LogP contribution in [0.3, 0.4) is 0 Å². The van der Waals surface area contributed by atoms with Crippen molar-refractivity contribution in [2.24, 2.45) is 0 Å². The van der Waals surface area contributed by atoms with Gasteiger partial charge in [-0.1, -0.05) is 29.4 Å². The van der Waals surface area contributed by atoms with E-state index in [-0.39, 0.29) is 5.78 Å². The number of benzene rings is 3. The predicted octanol–water partition coefficient (Wildman–Crippen LogP) is 5.39. The number of nitrogens with zero attached hydrogens (tertiary/aromatic N) is 2. The Balaban J connectivity index is 1.59. The molecule has 0 saturated carbocycles. The molecule has 4 aromatic rings. The molecule has 154 valence electrons. The second-order valence-corrected chi connectivity index (χ2v) is 7.98. The van der Waals surface area contributed by atoms with E-state index >= 15 is 0 Å². The molecule has 1 fully saturated rings. The van der Waals surface area contributed by atoms with Gasteiger partial charge in [-0.2, -0.15) is 0 Å². The Morgan fingerprint density at radius 3 is 2.52 bits per heavy atom. The van der Waals surface area contributed by atoms with Crippen molar-refractivity contribution in [3.63, 3.8) is 0 Å². The maximum absolute atomic E-state index is 13.6. The summed E-state index contributed by atoms with van der Waals surface area (Å²) in [6.45, 7) is 1.95. The molecule has 2 heterocycles. The smallest absolute Gasteiger partial charge is 0.196 e. The lowest BCUT2D eigenvalue weighted by atomic mass is 9.86. The van der Waals surface area contributed by atoms with Crippen LogP contribution in [0.1, 0.15) is 28.8 Å². The number of nitrogens with one attached hydrogen (secondary N) is 1. The van der Waals surface area contributed by atoms with Gasteiger partial charge in [-0.3, -0.25) is 4.79 Å². The molecular weight excluding hydrogens is 390 g/mol. The number of ketones is 1. The number of anilines is 3. The van der Waals surface area contributed by atoms with Crippen molar-refractivity contribution in [3.05, 3.63) is 65.7 Å². The van der Waals surface area contributed by atoms with Crippen LogP contribution in [0.15, 0.2) is 59.1 Å². The zero-order valence-electron chi connectivity index (χ0n) is 17.1. The Morgan fingerprint density at radius 1 is 1.03 bits per heavy atom. The molecule has 6 nitrogen and oxygen atoms in total. The minimum Gasteiger partial charge on any atom is -0.497 e. The average Bonchev–Trinajstić information content (AvgIpc) is 3.49. The number of aromatic nitrogens is 1. The van der Waals surface area contributed by atoms with Crippen LogP contribution in [-0.4, -0.2) is 31.1 Å². The Morgan fingerprint density at radius 2 is 1.77 bits per heavy atom. The molecule has 1 saturated heterocycles. The van der Waals surface area contributed by atoms with Crippen LogP contribution in [0.4, 0.5) is 17.1 Å². The summed E-state index contributed by atoms with van der Waals surface area (Å²) >= 11 is 0. The van der Waals surface area contributed by atoms with Crippen LogP contribution in [-0.2, 0) is 0 Å². The largest absolute Gasteiger partial charge is 0.497 e. The van der Waals surface area contributed by atoms with Gasteiger partial charge in [-0.05, 0) is 43.2 Å². The molecule has 0 unspecified atom stereocenters. The maximum atomic E-state index is 13.6. The van der Waals surface area contributed by atoms with E-state index < -0.39 is 0 Å². The van der Waals surface area contributed by atoms with Crippen molar-refractivity contribution in [2.45, 2.75) is 12.8 Å². The van der Waals surface area contributed by atoms with Crippen molar-refractivity contribution in [1.82, 2.24) is 5.16 Å². The summed E-state index contributed by atoms with van der Waals surface area (Å²) in [7, 11) is 1.65. The monoisotopic (exact) mass is 411 g/mol. The molecule has 1 N–H and O–H groups in total. The molecule has 1 aliphatic heterocycles. The van der Waals surface area contributed by atoms with Gasteiger partial charge in [-0.25, -0.2) is 0 Å². The third-order valence-corrected chi connectivity index (χ3v) is 6.19. The van der Waals surface area contributed by atoms with E-state index in [0.717, 1.165) is 65.2 Å². The van der Waals surface area contributed by atoms with Gasteiger partial charge >= 0.3 is 0 Å². The first-order valence-corrected chi connectivity index (χ1v) is 10.5. The Hall–Kier alpha value is -3.80. The molecule has 0 atom stereocenters. The summed E-state index contributed by atoms with van der Waals surface area (Å²) in [6, 6.07) is 17.3. The van der Waals surface area contributed by atoms with Crippen molar-refractivity contribution < 1.29 is 14.1 Å². The molecule has 1 aromatic heterocycles. The van der Waals surface area contributed by atoms with Gasteiger partial charge in [0, 0.05) is 29.9 Å². The van der Waals surface area contributed by atoms with Crippen molar-refractivity contribution in [1.29, 1.82) is 0 Å². The van der Waals surface area contributed by atoms with Crippen molar-refractivity contribution >= 4 is 33.7 Å². The number of methoxy groups -OCH3 is 1. The third-order valence-electron chi connectivity index (χ3n) is 6.19. The summed E-state index contributed by atoms with van der Waals surface area (Å²) < 4.78 is 11.1. The lowest BCUT2D eigenvalue weighted by Gasteiger charge is -2.23. The second kappa shape index (κ2) is 6.87. The molecule has 0 bridgehead atoms. The van der Waals surface area contributed by atoms with E-state index in [9.17, 15) is 4.79 Å². The number of carbonyl (C=O) groups is 1. The quantitative estimate of drug-likeness (QED) is 0.428. The normalized spacial score (nSPS) is 14.7. The molecule has 0 radical (unpaired) electrons. The van der Waals surface area contributed by atoms with E-state index in [1.54, 1.807) is 7.11 Å². The summed E-state index contributed by atoms with van der Waals surface area (Å²) in [4.78, 5) is 15.9. The number of carbonyl (C=O) groups excluding carboxylic acids is 1. The van der Waals surface area contributed by atoms with E-state index in [1.807, 2.05) is 54.6 Å². The van der Waals surface area contributed by atoms with E-state index in [4.69, 9.17) is 9.26 Å². The fourth-order valence-electron chi connectivity index (χ4n) is 4.67. The minimum atomic E-state index is -0.0136. The van der Waals surface area contributed by atoms with Gasteiger partial charge in [0.05, 0.1) is 29.4 Å². The number of hydrogen-bond acceptors (Lipinski definition) is 6. The number of hydrogen-bond donors (Lipinski definition) is 1. The molecule has 6 rings (SSSR count). The summed E-state index contributed by atoms with van der Waals surface area (Å²) in [5.74, 6) is 1.44. The number of ether oxygens (including phenoxy) is 1. The first-order chi connectivity index (χ1) is 15.2. The topological polar surface area (TPSA) is 67.6 Å². The summed E-state index contributed by atoms with van der Waals surface area (Å²) in [5, 5.41) is 8.69. The van der Waals surface area contributed by atoms with Gasteiger partial charge < -0.3 is 19.5 Å². The minimum absolute atomic E-state index is 0.0136. The molecule has 6 heteroatoms. The van der Waals surface area contributed by atoms with Gasteiger partial charge in [-0.15, -0.1) is 0 Å². The van der Waals surface area contributed by atoms with Crippen molar-refractivity contribution in [3.8, 4) is 17.1 Å². The van der Waals surface area contributed by atoms with E-state index in [1.165, 1.54) is 0 Å². The third kappa shape index (κ3) is 2.71. The lowest BCUT2D eigenvalue weighted by molar-refractivity contribution is 0.104. The summed E-state index contributed by atoms with van der Waals surface area (Å²) in [5.41, 5.74) is 5.47. The van der Waals surface area contributed by atoms with E-state index in [0.29, 0.717) is 16.9 Å². The Labute approximate surface area is 179 Å². The Bertz CT molecular complexity index is 1320. The lowest BCUT2D eigenvalue weighted by Crippen LogP contribution is -2.19. The fourth-order valence-corrected chi connectivity index (χ4v) is 4.67. The number of fused-ring (bicyclic) bond motifs is 2. The van der Waals surface area contributed by atoms with Crippen LogP contribution in [0.25, 0.3) is 22.2 Å². The molecule has 0 spiro atoms. The van der Waals surface area contributed by atoms with Gasteiger partial charge in [0.25, 0.3) is 0 Å². The maximum Gasteiger partial charge on any atom is 0.196 e. The standard InChI is InChI=1S/C25H21N3O3/c1-30-16-10-8-15(9-11-16)26-19-14-20(28-12-4-5-13-28)23-22-21(19)24(29)17-6-2-3-7-18(17)25(22)31-27-23/h2-3,6-11,14,26H,4-5,12-13H2,1H3. The molecule has 31 heavy (non-hydrogen) atoms. The van der Waals surface area contributed by atoms with Crippen LogP contribution < -0.4 is 15.0 Å². The highest BCUT2D eigenvalue weighted by Crippen LogP contribution is 2.46. The first-order valence-electron chi connectivity index (χ1n) is 10.5. The van der Waals surface area contributed by atoms with Crippen LogP contribution in [0, 0.1) is 0 Å². The Kier molecular flexibility index (Phi) is 3.99. The average molecular weight is 411 g/mol. The van der Waals surface area contributed by atoms with Gasteiger partial charge in [0.15, 0.2) is 11.5 Å². The van der Waals surface area contributed by atoms with Gasteiger partial charge in [0.2, 0.25) is 0 Å². The van der Waals surface area contributed by atoms with Gasteiger partial charge in [0.1, 0.15) is 11.3 Å². The zero-order chi connectivity index (χ0) is 20.9. The zero-order valence-corrected chi connectivity index (χ0v) is 17.1. The fraction of sp³-hybridized carbons (Fsp3) is 0.200. The van der Waals surface area contributed by atoms with E-state index in [2.05, 4.69) is 15.4 Å². The molecule has 2 aliphatic rings. The first kappa shape index (κ1) is 18.0. The second-order valence-electron chi connectivity index (χ2n) is 7.98. The summed E-state index contributed by atoms with van der Waals surface area (Å²) in [6.07, 6.45) is 2.30. The van der Waals surface area contributed by atoms with Crippen molar-refractivity contribution in [2.75, 3.05) is 30.4 Å². The molecular formula is C25H21N3O3. The van der Waals surface area contributed by atoms with Crippen LogP contribution in [0.5, 0.6) is 5.75 Å².